The van der Waals surface area contributed by atoms with Crippen LogP contribution < -0.4 is 10.6 Å². The van der Waals surface area contributed by atoms with Crippen LogP contribution in [0.1, 0.15) is 49.9 Å². The summed E-state index contributed by atoms with van der Waals surface area (Å²) in [7, 11) is 0. The second-order valence-corrected chi connectivity index (χ2v) is 8.22. The summed E-state index contributed by atoms with van der Waals surface area (Å²) in [5.74, 6) is -0.253. The largest absolute Gasteiger partial charge is 0.350 e. The SMILES string of the molecule is C[C@@H](NC(=O)CCC(=O)N[C@H](C)c1cccc2ccccc12)c1cccc2ccccc12. The minimum absolute atomic E-state index is 0.126. The number of carbonyl (C=O) groups excluding carboxylic acids is 2. The van der Waals surface area contributed by atoms with Crippen LogP contribution in [0, 0.1) is 0 Å². The molecule has 4 aromatic carbocycles. The molecule has 0 unspecified atom stereocenters. The van der Waals surface area contributed by atoms with E-state index in [0.29, 0.717) is 0 Å². The number of carbonyl (C=O) groups is 2. The molecule has 0 saturated heterocycles. The molecule has 0 bridgehead atoms. The second kappa shape index (κ2) is 9.65. The first-order valence-electron chi connectivity index (χ1n) is 11.1. The minimum Gasteiger partial charge on any atom is -0.350 e. The molecule has 2 N–H and O–H groups in total. The van der Waals surface area contributed by atoms with Gasteiger partial charge >= 0.3 is 0 Å². The third kappa shape index (κ3) is 4.80. The fourth-order valence-corrected chi connectivity index (χ4v) is 4.27. The van der Waals surface area contributed by atoms with E-state index in [9.17, 15) is 9.59 Å². The van der Waals surface area contributed by atoms with Crippen molar-refractivity contribution in [2.75, 3.05) is 0 Å². The van der Waals surface area contributed by atoms with E-state index in [1.54, 1.807) is 0 Å². The van der Waals surface area contributed by atoms with E-state index in [2.05, 4.69) is 47.0 Å². The maximum Gasteiger partial charge on any atom is 0.220 e. The Morgan fingerprint density at radius 2 is 0.969 bits per heavy atom. The van der Waals surface area contributed by atoms with Gasteiger partial charge in [0.2, 0.25) is 11.8 Å². The lowest BCUT2D eigenvalue weighted by Crippen LogP contribution is -2.30. The van der Waals surface area contributed by atoms with Crippen molar-refractivity contribution in [1.82, 2.24) is 10.6 Å². The van der Waals surface area contributed by atoms with Crippen LogP contribution in [0.2, 0.25) is 0 Å². The highest BCUT2D eigenvalue weighted by molar-refractivity contribution is 5.89. The average Bonchev–Trinajstić information content (AvgIpc) is 2.82. The van der Waals surface area contributed by atoms with Gasteiger partial charge in [-0.1, -0.05) is 84.9 Å². The Bertz CT molecular complexity index is 1150. The first-order chi connectivity index (χ1) is 15.5. The molecule has 0 saturated carbocycles. The van der Waals surface area contributed by atoms with Crippen molar-refractivity contribution >= 4 is 33.4 Å². The Morgan fingerprint density at radius 3 is 1.41 bits per heavy atom. The van der Waals surface area contributed by atoms with Gasteiger partial charge < -0.3 is 10.6 Å². The van der Waals surface area contributed by atoms with Crippen LogP contribution in [0.25, 0.3) is 21.5 Å². The highest BCUT2D eigenvalue weighted by atomic mass is 16.2. The van der Waals surface area contributed by atoms with Gasteiger partial charge in [0.25, 0.3) is 0 Å². The fraction of sp³-hybridized carbons (Fsp3) is 0.214. The zero-order chi connectivity index (χ0) is 22.5. The zero-order valence-corrected chi connectivity index (χ0v) is 18.5. The summed E-state index contributed by atoms with van der Waals surface area (Å²) in [6.07, 6.45) is 0.312. The summed E-state index contributed by atoms with van der Waals surface area (Å²) in [6, 6.07) is 28.2. The number of benzene rings is 4. The standard InChI is InChI=1S/C28H28N2O2/c1-19(23-15-7-11-21-9-3-5-13-25(21)23)29-27(31)17-18-28(32)30-20(2)24-16-8-12-22-10-4-6-14-26(22)24/h3-16,19-20H,17-18H2,1-2H3,(H,29,31)(H,30,32)/t19-,20-/m1/s1. The maximum atomic E-state index is 12.5. The van der Waals surface area contributed by atoms with Crippen LogP contribution in [0.3, 0.4) is 0 Å². The summed E-state index contributed by atoms with van der Waals surface area (Å²) in [5, 5.41) is 10.6. The van der Waals surface area contributed by atoms with Gasteiger partial charge in [0.05, 0.1) is 12.1 Å². The van der Waals surface area contributed by atoms with Crippen molar-refractivity contribution < 1.29 is 9.59 Å². The average molecular weight is 425 g/mol. The van der Waals surface area contributed by atoms with Gasteiger partial charge in [-0.15, -0.1) is 0 Å². The first kappa shape index (κ1) is 21.6. The molecule has 0 spiro atoms. The molecule has 32 heavy (non-hydrogen) atoms. The lowest BCUT2D eigenvalue weighted by atomic mass is 9.99. The first-order valence-corrected chi connectivity index (χ1v) is 11.1. The molecule has 2 atom stereocenters. The molecular formula is C28H28N2O2. The molecule has 0 aliphatic carbocycles. The Balaban J connectivity index is 1.33. The fourth-order valence-electron chi connectivity index (χ4n) is 4.27. The molecule has 162 valence electrons. The third-order valence-electron chi connectivity index (χ3n) is 5.91. The summed E-state index contributed by atoms with van der Waals surface area (Å²) in [5.41, 5.74) is 2.15. The van der Waals surface area contributed by atoms with E-state index in [1.165, 1.54) is 0 Å². The number of fused-ring (bicyclic) bond motifs is 2. The van der Waals surface area contributed by atoms with E-state index < -0.39 is 0 Å². The van der Waals surface area contributed by atoms with Gasteiger partial charge in [-0.3, -0.25) is 9.59 Å². The van der Waals surface area contributed by atoms with Crippen molar-refractivity contribution in [3.8, 4) is 0 Å². The van der Waals surface area contributed by atoms with Crippen LogP contribution in [0.15, 0.2) is 84.9 Å². The van der Waals surface area contributed by atoms with E-state index in [-0.39, 0.29) is 36.7 Å². The van der Waals surface area contributed by atoms with Crippen LogP contribution in [-0.2, 0) is 9.59 Å². The Morgan fingerprint density at radius 1 is 0.594 bits per heavy atom. The summed E-state index contributed by atoms with van der Waals surface area (Å²) in [6.45, 7) is 3.95. The second-order valence-electron chi connectivity index (χ2n) is 8.22. The van der Waals surface area contributed by atoms with Crippen molar-refractivity contribution in [2.24, 2.45) is 0 Å². The molecule has 0 heterocycles. The molecule has 0 aromatic heterocycles. The molecule has 4 nitrogen and oxygen atoms in total. The number of hydrogen-bond acceptors (Lipinski definition) is 2. The van der Waals surface area contributed by atoms with Crippen molar-refractivity contribution in [3.05, 3.63) is 96.1 Å². The van der Waals surface area contributed by atoms with Crippen molar-refractivity contribution in [1.29, 1.82) is 0 Å². The topological polar surface area (TPSA) is 58.2 Å². The number of rotatable bonds is 7. The van der Waals surface area contributed by atoms with E-state index >= 15 is 0 Å². The summed E-state index contributed by atoms with van der Waals surface area (Å²) >= 11 is 0. The van der Waals surface area contributed by atoms with Crippen LogP contribution in [0.5, 0.6) is 0 Å². The quantitative estimate of drug-likeness (QED) is 0.392. The Kier molecular flexibility index (Phi) is 6.50. The molecule has 0 fully saturated rings. The van der Waals surface area contributed by atoms with Gasteiger partial charge in [0.1, 0.15) is 0 Å². The number of amides is 2. The van der Waals surface area contributed by atoms with Crippen molar-refractivity contribution in [3.63, 3.8) is 0 Å². The van der Waals surface area contributed by atoms with E-state index in [4.69, 9.17) is 0 Å². The van der Waals surface area contributed by atoms with Gasteiger partial charge in [-0.25, -0.2) is 0 Å². The lowest BCUT2D eigenvalue weighted by Gasteiger charge is -2.18. The van der Waals surface area contributed by atoms with Gasteiger partial charge in [-0.2, -0.15) is 0 Å². The molecule has 4 aromatic rings. The summed E-state index contributed by atoms with van der Waals surface area (Å²) in [4.78, 5) is 25.0. The van der Waals surface area contributed by atoms with Gasteiger partial charge in [0, 0.05) is 12.8 Å². The molecule has 0 aliphatic heterocycles. The van der Waals surface area contributed by atoms with Gasteiger partial charge in [0.15, 0.2) is 0 Å². The molecule has 4 heteroatoms. The number of hydrogen-bond donors (Lipinski definition) is 2. The predicted octanol–water partition coefficient (Wildman–Crippen LogP) is 5.83. The lowest BCUT2D eigenvalue weighted by molar-refractivity contribution is -0.127. The van der Waals surface area contributed by atoms with Crippen LogP contribution >= 0.6 is 0 Å². The molecular weight excluding hydrogens is 396 g/mol. The molecule has 0 radical (unpaired) electrons. The Labute approximate surface area is 188 Å². The normalized spacial score (nSPS) is 12.9. The van der Waals surface area contributed by atoms with Crippen LogP contribution in [-0.4, -0.2) is 11.8 Å². The Hall–Kier alpha value is -3.66. The van der Waals surface area contributed by atoms with Gasteiger partial charge in [-0.05, 0) is 46.5 Å². The van der Waals surface area contributed by atoms with Crippen molar-refractivity contribution in [2.45, 2.75) is 38.8 Å². The molecule has 2 amide bonds. The third-order valence-corrected chi connectivity index (χ3v) is 5.91. The molecule has 4 rings (SSSR count). The number of nitrogens with one attached hydrogen (secondary N) is 2. The summed E-state index contributed by atoms with van der Waals surface area (Å²) < 4.78 is 0. The molecule has 0 aliphatic rings. The highest BCUT2D eigenvalue weighted by Crippen LogP contribution is 2.25. The van der Waals surface area contributed by atoms with E-state index in [0.717, 1.165) is 32.7 Å². The minimum atomic E-state index is -0.133. The predicted molar refractivity (Wildman–Crippen MR) is 130 cm³/mol. The smallest absolute Gasteiger partial charge is 0.220 e. The zero-order valence-electron chi connectivity index (χ0n) is 18.5. The maximum absolute atomic E-state index is 12.5. The van der Waals surface area contributed by atoms with Crippen LogP contribution in [0.4, 0.5) is 0 Å². The van der Waals surface area contributed by atoms with E-state index in [1.807, 2.05) is 62.4 Å². The highest BCUT2D eigenvalue weighted by Gasteiger charge is 2.16. The monoisotopic (exact) mass is 424 g/mol.